The molecule has 6 heteroatoms. The lowest BCUT2D eigenvalue weighted by Crippen LogP contribution is -2.49. The first kappa shape index (κ1) is 23.7. The number of ether oxygens (including phenoxy) is 1. The summed E-state index contributed by atoms with van der Waals surface area (Å²) in [5, 5.41) is 3.09. The molecule has 1 heterocycles. The summed E-state index contributed by atoms with van der Waals surface area (Å²) in [5.41, 5.74) is 2.01. The fourth-order valence-electron chi connectivity index (χ4n) is 4.70. The number of hydrogen-bond donors (Lipinski definition) is 1. The van der Waals surface area contributed by atoms with E-state index in [0.717, 1.165) is 43.4 Å². The fourth-order valence-corrected chi connectivity index (χ4v) is 4.70. The van der Waals surface area contributed by atoms with Crippen molar-refractivity contribution in [1.82, 2.24) is 15.1 Å². The van der Waals surface area contributed by atoms with Crippen molar-refractivity contribution in [3.63, 3.8) is 0 Å². The Bertz CT molecular complexity index is 707. The second kappa shape index (κ2) is 11.6. The third kappa shape index (κ3) is 7.04. The maximum absolute atomic E-state index is 13.5. The number of carbonyl (C=O) groups is 2. The van der Waals surface area contributed by atoms with Gasteiger partial charge in [-0.2, -0.15) is 0 Å². The highest BCUT2D eigenvalue weighted by Gasteiger charge is 2.34. The molecule has 1 saturated carbocycles. The van der Waals surface area contributed by atoms with Gasteiger partial charge in [0.25, 0.3) is 0 Å². The van der Waals surface area contributed by atoms with E-state index in [9.17, 15) is 9.59 Å². The van der Waals surface area contributed by atoms with Gasteiger partial charge in [0.15, 0.2) is 0 Å². The molecule has 2 amide bonds. The maximum Gasteiger partial charge on any atom is 0.247 e. The maximum atomic E-state index is 13.5. The van der Waals surface area contributed by atoms with Crippen molar-refractivity contribution in [1.29, 1.82) is 0 Å². The summed E-state index contributed by atoms with van der Waals surface area (Å²) < 4.78 is 5.68. The van der Waals surface area contributed by atoms with Crippen LogP contribution in [0.3, 0.4) is 0 Å². The van der Waals surface area contributed by atoms with Crippen molar-refractivity contribution >= 4 is 11.8 Å². The molecule has 6 nitrogen and oxygen atoms in total. The molecule has 1 saturated heterocycles. The minimum absolute atomic E-state index is 0.00779. The van der Waals surface area contributed by atoms with Crippen LogP contribution < -0.4 is 5.32 Å². The standard InChI is InChI=1S/C25H39N3O3/c1-19-11-13-21(14-12-19)24(25(30)26-16-22-10-7-15-31-22)28(23(29)18-27(2)3)17-20-8-5-4-6-9-20/h11-14,20,22,24H,4-10,15-18H2,1-3H3,(H,26,30). The Morgan fingerprint density at radius 3 is 2.39 bits per heavy atom. The van der Waals surface area contributed by atoms with Gasteiger partial charge in [0.1, 0.15) is 6.04 Å². The number of nitrogens with zero attached hydrogens (tertiary/aromatic N) is 2. The first-order valence-electron chi connectivity index (χ1n) is 11.8. The summed E-state index contributed by atoms with van der Waals surface area (Å²) in [6.45, 7) is 4.23. The smallest absolute Gasteiger partial charge is 0.247 e. The molecule has 31 heavy (non-hydrogen) atoms. The van der Waals surface area contributed by atoms with Crippen molar-refractivity contribution in [2.75, 3.05) is 40.3 Å². The van der Waals surface area contributed by atoms with Crippen LogP contribution in [0, 0.1) is 12.8 Å². The predicted molar refractivity (Wildman–Crippen MR) is 123 cm³/mol. The minimum atomic E-state index is -0.614. The average molecular weight is 430 g/mol. The lowest BCUT2D eigenvalue weighted by molar-refractivity contribution is -0.142. The van der Waals surface area contributed by atoms with Gasteiger partial charge in [-0.1, -0.05) is 49.1 Å². The molecule has 3 rings (SSSR count). The molecule has 2 fully saturated rings. The molecule has 1 aromatic carbocycles. The number of nitrogens with one attached hydrogen (secondary N) is 1. The first-order chi connectivity index (χ1) is 14.9. The summed E-state index contributed by atoms with van der Waals surface area (Å²) in [6.07, 6.45) is 8.03. The van der Waals surface area contributed by atoms with E-state index in [1.807, 2.05) is 55.1 Å². The lowest BCUT2D eigenvalue weighted by Gasteiger charge is -2.36. The fraction of sp³-hybridized carbons (Fsp3) is 0.680. The molecule has 172 valence electrons. The van der Waals surface area contributed by atoms with Gasteiger partial charge in [-0.3, -0.25) is 9.59 Å². The van der Waals surface area contributed by atoms with Gasteiger partial charge in [-0.15, -0.1) is 0 Å². The lowest BCUT2D eigenvalue weighted by atomic mass is 9.88. The summed E-state index contributed by atoms with van der Waals surface area (Å²) in [5.74, 6) is 0.356. The number of aryl methyl sites for hydroxylation is 1. The van der Waals surface area contributed by atoms with E-state index in [-0.39, 0.29) is 17.9 Å². The summed E-state index contributed by atoms with van der Waals surface area (Å²) in [4.78, 5) is 30.6. The van der Waals surface area contributed by atoms with Gasteiger partial charge in [0.2, 0.25) is 11.8 Å². The first-order valence-corrected chi connectivity index (χ1v) is 11.8. The van der Waals surface area contributed by atoms with Crippen LogP contribution in [-0.2, 0) is 14.3 Å². The Hall–Kier alpha value is -1.92. The molecule has 1 aromatic rings. The third-order valence-corrected chi connectivity index (χ3v) is 6.43. The van der Waals surface area contributed by atoms with E-state index in [1.54, 1.807) is 0 Å². The van der Waals surface area contributed by atoms with Crippen LogP contribution in [0.15, 0.2) is 24.3 Å². The van der Waals surface area contributed by atoms with Crippen molar-refractivity contribution < 1.29 is 14.3 Å². The molecule has 0 bridgehead atoms. The number of rotatable bonds is 9. The van der Waals surface area contributed by atoms with Crippen LogP contribution in [0.1, 0.15) is 62.1 Å². The van der Waals surface area contributed by atoms with Crippen LogP contribution in [0.25, 0.3) is 0 Å². The highest BCUT2D eigenvalue weighted by molar-refractivity contribution is 5.89. The number of benzene rings is 1. The zero-order chi connectivity index (χ0) is 22.2. The molecule has 2 aliphatic rings. The third-order valence-electron chi connectivity index (χ3n) is 6.43. The Morgan fingerprint density at radius 2 is 1.77 bits per heavy atom. The number of amides is 2. The van der Waals surface area contributed by atoms with Crippen molar-refractivity contribution in [2.45, 2.75) is 64.0 Å². The topological polar surface area (TPSA) is 61.9 Å². The molecular weight excluding hydrogens is 390 g/mol. The van der Waals surface area contributed by atoms with Gasteiger partial charge in [-0.05, 0) is 58.2 Å². The van der Waals surface area contributed by atoms with Crippen LogP contribution in [-0.4, -0.2) is 68.1 Å². The molecular formula is C25H39N3O3. The molecule has 1 N–H and O–H groups in total. The predicted octanol–water partition coefficient (Wildman–Crippen LogP) is 3.30. The second-order valence-corrected chi connectivity index (χ2v) is 9.48. The van der Waals surface area contributed by atoms with E-state index in [4.69, 9.17) is 4.74 Å². The Balaban J connectivity index is 1.85. The summed E-state index contributed by atoms with van der Waals surface area (Å²) >= 11 is 0. The quantitative estimate of drug-likeness (QED) is 0.654. The van der Waals surface area contributed by atoms with Crippen LogP contribution >= 0.6 is 0 Å². The molecule has 0 spiro atoms. The van der Waals surface area contributed by atoms with Crippen molar-refractivity contribution in [3.8, 4) is 0 Å². The van der Waals surface area contributed by atoms with Crippen molar-refractivity contribution in [2.24, 2.45) is 5.92 Å². The second-order valence-electron chi connectivity index (χ2n) is 9.48. The molecule has 1 aliphatic heterocycles. The van der Waals surface area contributed by atoms with Gasteiger partial charge in [0, 0.05) is 19.7 Å². The Labute approximate surface area is 187 Å². The van der Waals surface area contributed by atoms with Gasteiger partial charge in [-0.25, -0.2) is 0 Å². The van der Waals surface area contributed by atoms with E-state index < -0.39 is 6.04 Å². The highest BCUT2D eigenvalue weighted by Crippen LogP contribution is 2.29. The van der Waals surface area contributed by atoms with Crippen LogP contribution in [0.4, 0.5) is 0 Å². The van der Waals surface area contributed by atoms with Gasteiger partial charge in [0.05, 0.1) is 12.6 Å². The minimum Gasteiger partial charge on any atom is -0.376 e. The Kier molecular flexibility index (Phi) is 8.90. The number of hydrogen-bond acceptors (Lipinski definition) is 4. The van der Waals surface area contributed by atoms with E-state index in [1.165, 1.54) is 19.3 Å². The zero-order valence-corrected chi connectivity index (χ0v) is 19.4. The highest BCUT2D eigenvalue weighted by atomic mass is 16.5. The number of carbonyl (C=O) groups excluding carboxylic acids is 2. The SMILES string of the molecule is Cc1ccc(C(C(=O)NCC2CCCO2)N(CC2CCCCC2)C(=O)CN(C)C)cc1. The largest absolute Gasteiger partial charge is 0.376 e. The van der Waals surface area contributed by atoms with Gasteiger partial charge < -0.3 is 19.9 Å². The molecule has 2 atom stereocenters. The van der Waals surface area contributed by atoms with Crippen LogP contribution in [0.2, 0.25) is 0 Å². The van der Waals surface area contributed by atoms with Crippen LogP contribution in [0.5, 0.6) is 0 Å². The normalized spacial score (nSPS) is 20.6. The molecule has 2 unspecified atom stereocenters. The Morgan fingerprint density at radius 1 is 1.06 bits per heavy atom. The number of likely N-dealkylation sites (N-methyl/N-ethyl adjacent to an activating group) is 1. The molecule has 1 aliphatic carbocycles. The van der Waals surface area contributed by atoms with E-state index >= 15 is 0 Å². The van der Waals surface area contributed by atoms with Crippen molar-refractivity contribution in [3.05, 3.63) is 35.4 Å². The average Bonchev–Trinajstić information content (AvgIpc) is 3.27. The summed E-state index contributed by atoms with van der Waals surface area (Å²) in [6, 6.07) is 7.40. The zero-order valence-electron chi connectivity index (χ0n) is 19.4. The molecule has 0 aromatic heterocycles. The van der Waals surface area contributed by atoms with E-state index in [2.05, 4.69) is 5.32 Å². The molecule has 0 radical (unpaired) electrons. The van der Waals surface area contributed by atoms with Gasteiger partial charge >= 0.3 is 0 Å². The van der Waals surface area contributed by atoms with E-state index in [0.29, 0.717) is 25.6 Å². The monoisotopic (exact) mass is 429 g/mol. The summed E-state index contributed by atoms with van der Waals surface area (Å²) in [7, 11) is 3.80.